The zero-order valence-corrected chi connectivity index (χ0v) is 19.1. The largest absolute Gasteiger partial charge is 0.383 e. The number of nitrogens with one attached hydrogen (secondary N) is 2. The predicted molar refractivity (Wildman–Crippen MR) is 126 cm³/mol. The molecule has 0 unspecified atom stereocenters. The van der Waals surface area contributed by atoms with E-state index in [1.165, 1.54) is 0 Å². The van der Waals surface area contributed by atoms with E-state index in [0.29, 0.717) is 37.0 Å². The molecule has 0 bridgehead atoms. The van der Waals surface area contributed by atoms with Gasteiger partial charge in [0.2, 0.25) is 0 Å². The van der Waals surface area contributed by atoms with E-state index in [9.17, 15) is 4.79 Å². The molecule has 7 nitrogen and oxygen atoms in total. The SMILES string of the molecule is COCCN1C(=S)N[C@H](c2ccccc2)C2=C1N[C@@H](c1ccccc1)N(CCOC)C2=O. The first-order valence-electron chi connectivity index (χ1n) is 10.6. The first kappa shape index (κ1) is 22.3. The Hall–Kier alpha value is -2.94. The summed E-state index contributed by atoms with van der Waals surface area (Å²) < 4.78 is 10.6. The van der Waals surface area contributed by atoms with E-state index in [0.717, 1.165) is 16.9 Å². The molecule has 2 aliphatic heterocycles. The minimum Gasteiger partial charge on any atom is -0.383 e. The summed E-state index contributed by atoms with van der Waals surface area (Å²) in [4.78, 5) is 17.7. The molecular weight excluding hydrogens is 424 g/mol. The second-order valence-corrected chi connectivity index (χ2v) is 8.04. The van der Waals surface area contributed by atoms with Crippen LogP contribution >= 0.6 is 12.2 Å². The number of hydrogen-bond donors (Lipinski definition) is 2. The molecule has 0 saturated heterocycles. The summed E-state index contributed by atoms with van der Waals surface area (Å²) in [7, 11) is 3.30. The molecule has 2 aliphatic rings. The monoisotopic (exact) mass is 452 g/mol. The van der Waals surface area contributed by atoms with Gasteiger partial charge in [0.05, 0.1) is 31.4 Å². The summed E-state index contributed by atoms with van der Waals surface area (Å²) in [5.74, 6) is 0.683. The highest BCUT2D eigenvalue weighted by Gasteiger charge is 2.43. The van der Waals surface area contributed by atoms with Gasteiger partial charge in [0, 0.05) is 20.8 Å². The summed E-state index contributed by atoms with van der Waals surface area (Å²) in [6, 6.07) is 19.5. The molecule has 0 aliphatic carbocycles. The smallest absolute Gasteiger partial charge is 0.257 e. The first-order chi connectivity index (χ1) is 15.7. The number of carbonyl (C=O) groups excluding carboxylic acids is 1. The molecule has 0 aromatic heterocycles. The van der Waals surface area contributed by atoms with Gasteiger partial charge in [-0.25, -0.2) is 0 Å². The van der Waals surface area contributed by atoms with Gasteiger partial charge in [0.1, 0.15) is 12.0 Å². The van der Waals surface area contributed by atoms with Crippen LogP contribution in [0.3, 0.4) is 0 Å². The Morgan fingerprint density at radius 3 is 2.09 bits per heavy atom. The first-order valence-corrected chi connectivity index (χ1v) is 11.0. The lowest BCUT2D eigenvalue weighted by Gasteiger charge is -2.47. The summed E-state index contributed by atoms with van der Waals surface area (Å²) >= 11 is 5.72. The van der Waals surface area contributed by atoms with E-state index < -0.39 is 0 Å². The quantitative estimate of drug-likeness (QED) is 0.597. The number of amides is 1. The molecule has 0 saturated carbocycles. The van der Waals surface area contributed by atoms with Crippen LogP contribution in [0.15, 0.2) is 72.1 Å². The maximum absolute atomic E-state index is 14.0. The summed E-state index contributed by atoms with van der Waals surface area (Å²) in [6.07, 6.45) is -0.333. The molecule has 2 N–H and O–H groups in total. The molecule has 2 aromatic rings. The normalized spacial score (nSPS) is 20.7. The topological polar surface area (TPSA) is 66.1 Å². The summed E-state index contributed by atoms with van der Waals surface area (Å²) in [6.45, 7) is 1.91. The van der Waals surface area contributed by atoms with Crippen molar-refractivity contribution < 1.29 is 14.3 Å². The van der Waals surface area contributed by atoms with Crippen LogP contribution in [0.2, 0.25) is 0 Å². The van der Waals surface area contributed by atoms with Crippen molar-refractivity contribution in [2.75, 3.05) is 40.5 Å². The molecule has 0 spiro atoms. The van der Waals surface area contributed by atoms with Crippen molar-refractivity contribution in [2.45, 2.75) is 12.2 Å². The van der Waals surface area contributed by atoms with E-state index in [4.69, 9.17) is 21.7 Å². The third-order valence-electron chi connectivity index (χ3n) is 5.71. The molecule has 2 atom stereocenters. The maximum atomic E-state index is 14.0. The Labute approximate surface area is 194 Å². The fourth-order valence-electron chi connectivity index (χ4n) is 4.13. The number of rotatable bonds is 8. The summed E-state index contributed by atoms with van der Waals surface area (Å²) in [5, 5.41) is 7.56. The van der Waals surface area contributed by atoms with Gasteiger partial charge in [-0.2, -0.15) is 0 Å². The lowest BCUT2D eigenvalue weighted by Crippen LogP contribution is -2.59. The third-order valence-corrected chi connectivity index (χ3v) is 6.04. The van der Waals surface area contributed by atoms with Crippen molar-refractivity contribution in [3.8, 4) is 0 Å². The Morgan fingerprint density at radius 2 is 1.47 bits per heavy atom. The van der Waals surface area contributed by atoms with Crippen molar-refractivity contribution in [1.29, 1.82) is 0 Å². The van der Waals surface area contributed by atoms with Gasteiger partial charge < -0.3 is 29.9 Å². The molecule has 32 heavy (non-hydrogen) atoms. The van der Waals surface area contributed by atoms with Gasteiger partial charge >= 0.3 is 0 Å². The van der Waals surface area contributed by atoms with Crippen molar-refractivity contribution in [2.24, 2.45) is 0 Å². The highest BCUT2D eigenvalue weighted by molar-refractivity contribution is 7.80. The van der Waals surface area contributed by atoms with E-state index in [2.05, 4.69) is 10.6 Å². The molecule has 2 heterocycles. The van der Waals surface area contributed by atoms with Crippen molar-refractivity contribution in [3.05, 3.63) is 83.2 Å². The molecular formula is C24H28N4O3S. The number of hydrogen-bond acceptors (Lipinski definition) is 5. The predicted octanol–water partition coefficient (Wildman–Crippen LogP) is 2.55. The Balaban J connectivity index is 1.82. The number of benzene rings is 2. The second kappa shape index (κ2) is 10.1. The van der Waals surface area contributed by atoms with E-state index >= 15 is 0 Å². The van der Waals surface area contributed by atoms with Gasteiger partial charge in [-0.1, -0.05) is 60.7 Å². The van der Waals surface area contributed by atoms with E-state index in [1.807, 2.05) is 70.5 Å². The molecule has 0 fully saturated rings. The van der Waals surface area contributed by atoms with Crippen LogP contribution in [0.1, 0.15) is 23.3 Å². The minimum atomic E-state index is -0.348. The van der Waals surface area contributed by atoms with Gasteiger partial charge in [-0.3, -0.25) is 4.79 Å². The molecule has 8 heteroatoms. The molecule has 1 amide bonds. The van der Waals surface area contributed by atoms with Crippen molar-refractivity contribution in [1.82, 2.24) is 20.4 Å². The van der Waals surface area contributed by atoms with Crippen LogP contribution in [0.25, 0.3) is 0 Å². The Bertz CT molecular complexity index is 983. The fourth-order valence-corrected chi connectivity index (χ4v) is 4.43. The standard InChI is InChI=1S/C24H28N4O3S/c1-30-15-13-27-21(18-11-7-4-8-12-18)26-22-19(23(27)29)20(17-9-5-3-6-10-17)25-24(32)28(22)14-16-31-2/h3-12,20-21,26H,13-16H2,1-2H3,(H,25,32)/t20-,21-/m1/s1. The number of methoxy groups -OCH3 is 2. The number of thiocarbonyl (C=S) groups is 1. The zero-order valence-electron chi connectivity index (χ0n) is 18.3. The van der Waals surface area contributed by atoms with Crippen molar-refractivity contribution >= 4 is 23.2 Å². The van der Waals surface area contributed by atoms with Gasteiger partial charge in [0.25, 0.3) is 5.91 Å². The van der Waals surface area contributed by atoms with Crippen LogP contribution in [0.4, 0.5) is 0 Å². The Kier molecular flexibility index (Phi) is 7.04. The second-order valence-electron chi connectivity index (χ2n) is 7.65. The minimum absolute atomic E-state index is 0.0454. The molecule has 168 valence electrons. The maximum Gasteiger partial charge on any atom is 0.257 e. The van der Waals surface area contributed by atoms with Crippen LogP contribution in [0.5, 0.6) is 0 Å². The highest BCUT2D eigenvalue weighted by atomic mass is 32.1. The van der Waals surface area contributed by atoms with E-state index in [1.54, 1.807) is 14.2 Å². The number of nitrogens with zero attached hydrogens (tertiary/aromatic N) is 2. The lowest BCUT2D eigenvalue weighted by atomic mass is 9.93. The van der Waals surface area contributed by atoms with Gasteiger partial charge in [-0.15, -0.1) is 0 Å². The van der Waals surface area contributed by atoms with E-state index in [-0.39, 0.29) is 18.1 Å². The van der Waals surface area contributed by atoms with Crippen LogP contribution < -0.4 is 10.6 Å². The molecule has 0 radical (unpaired) electrons. The van der Waals surface area contributed by atoms with Crippen LogP contribution in [0, 0.1) is 0 Å². The lowest BCUT2D eigenvalue weighted by molar-refractivity contribution is -0.133. The number of carbonyl (C=O) groups is 1. The molecule has 2 aromatic carbocycles. The van der Waals surface area contributed by atoms with Crippen molar-refractivity contribution in [3.63, 3.8) is 0 Å². The molecule has 4 rings (SSSR count). The fraction of sp³-hybridized carbons (Fsp3) is 0.333. The average Bonchev–Trinajstić information content (AvgIpc) is 2.83. The third kappa shape index (κ3) is 4.34. The number of ether oxygens (including phenoxy) is 2. The highest BCUT2D eigenvalue weighted by Crippen LogP contribution is 2.37. The zero-order chi connectivity index (χ0) is 22.5. The van der Waals surface area contributed by atoms with Crippen LogP contribution in [-0.2, 0) is 14.3 Å². The van der Waals surface area contributed by atoms with Gasteiger partial charge in [0.15, 0.2) is 5.11 Å². The average molecular weight is 453 g/mol. The van der Waals surface area contributed by atoms with Gasteiger partial charge in [-0.05, 0) is 23.3 Å². The summed E-state index contributed by atoms with van der Waals surface area (Å²) in [5.41, 5.74) is 2.62. The Morgan fingerprint density at radius 1 is 0.875 bits per heavy atom. The van der Waals surface area contributed by atoms with Crippen LogP contribution in [-0.4, -0.2) is 61.3 Å².